The Balaban J connectivity index is 1.29. The molecule has 0 radical (unpaired) electrons. The van der Waals surface area contributed by atoms with Crippen LogP contribution in [0.3, 0.4) is 0 Å². The molecule has 3 heterocycles. The molecule has 1 aliphatic heterocycles. The Kier molecular flexibility index (Phi) is 6.51. The first kappa shape index (κ1) is 23.0. The van der Waals surface area contributed by atoms with E-state index in [1.165, 1.54) is 12.1 Å². The Morgan fingerprint density at radius 1 is 1.12 bits per heavy atom. The number of pyridine rings is 1. The van der Waals surface area contributed by atoms with Crippen molar-refractivity contribution in [3.63, 3.8) is 0 Å². The highest BCUT2D eigenvalue weighted by Gasteiger charge is 2.30. The average Bonchev–Trinajstić information content (AvgIpc) is 3.12. The summed E-state index contributed by atoms with van der Waals surface area (Å²) in [6.07, 6.45) is -1.32. The van der Waals surface area contributed by atoms with E-state index in [4.69, 9.17) is 0 Å². The topological polar surface area (TPSA) is 63.1 Å². The second-order valence-electron chi connectivity index (χ2n) is 8.47. The van der Waals surface area contributed by atoms with E-state index in [2.05, 4.69) is 20.3 Å². The Morgan fingerprint density at radius 3 is 2.48 bits per heavy atom. The standard InChI is InChI=1S/C24H26F3N5O/c1-16-12-17(2)32(30-16)22-7-6-19(14-28-22)23(33)29-21-8-10-31(11-9-21)15-18-4-3-5-20(13-18)24(25,26)27/h3-7,12-14,21H,8-11,15H2,1-2H3,(H,29,33). The lowest BCUT2D eigenvalue weighted by Crippen LogP contribution is -2.44. The summed E-state index contributed by atoms with van der Waals surface area (Å²) in [5.41, 5.74) is 2.36. The summed E-state index contributed by atoms with van der Waals surface area (Å²) in [7, 11) is 0. The molecule has 1 aromatic carbocycles. The third-order valence-corrected chi connectivity index (χ3v) is 5.82. The first-order valence-electron chi connectivity index (χ1n) is 10.9. The lowest BCUT2D eigenvalue weighted by molar-refractivity contribution is -0.137. The summed E-state index contributed by atoms with van der Waals surface area (Å²) >= 11 is 0. The van der Waals surface area contributed by atoms with Crippen LogP contribution >= 0.6 is 0 Å². The van der Waals surface area contributed by atoms with Crippen LogP contribution in [-0.4, -0.2) is 44.7 Å². The number of hydrogen-bond acceptors (Lipinski definition) is 4. The number of piperidine rings is 1. The van der Waals surface area contributed by atoms with Crippen molar-refractivity contribution in [2.24, 2.45) is 0 Å². The van der Waals surface area contributed by atoms with Crippen molar-refractivity contribution in [3.05, 3.63) is 76.7 Å². The average molecular weight is 458 g/mol. The van der Waals surface area contributed by atoms with Crippen LogP contribution in [0.25, 0.3) is 5.82 Å². The highest BCUT2D eigenvalue weighted by Crippen LogP contribution is 2.30. The maximum absolute atomic E-state index is 12.9. The second-order valence-corrected chi connectivity index (χ2v) is 8.47. The maximum Gasteiger partial charge on any atom is 0.416 e. The van der Waals surface area contributed by atoms with Gasteiger partial charge in [-0.1, -0.05) is 18.2 Å². The number of benzene rings is 1. The third kappa shape index (κ3) is 5.60. The lowest BCUT2D eigenvalue weighted by Gasteiger charge is -2.32. The van der Waals surface area contributed by atoms with Gasteiger partial charge < -0.3 is 5.32 Å². The quantitative estimate of drug-likeness (QED) is 0.621. The summed E-state index contributed by atoms with van der Waals surface area (Å²) in [4.78, 5) is 19.1. The van der Waals surface area contributed by atoms with Crippen molar-refractivity contribution in [1.29, 1.82) is 0 Å². The number of rotatable bonds is 5. The predicted molar refractivity (Wildman–Crippen MR) is 118 cm³/mol. The number of aromatic nitrogens is 3. The van der Waals surface area contributed by atoms with Gasteiger partial charge in [0.15, 0.2) is 5.82 Å². The molecule has 1 saturated heterocycles. The summed E-state index contributed by atoms with van der Waals surface area (Å²) in [5, 5.41) is 7.44. The van der Waals surface area contributed by atoms with Gasteiger partial charge in [0.2, 0.25) is 0 Å². The monoisotopic (exact) mass is 457 g/mol. The van der Waals surface area contributed by atoms with E-state index in [1.54, 1.807) is 29.1 Å². The van der Waals surface area contributed by atoms with Gasteiger partial charge in [0.1, 0.15) is 0 Å². The van der Waals surface area contributed by atoms with Gasteiger partial charge in [-0.15, -0.1) is 0 Å². The number of amides is 1. The molecule has 0 bridgehead atoms. The fraction of sp³-hybridized carbons (Fsp3) is 0.375. The number of hydrogen-bond donors (Lipinski definition) is 1. The zero-order valence-corrected chi connectivity index (χ0v) is 18.6. The molecule has 1 aliphatic rings. The molecule has 2 aromatic heterocycles. The number of nitrogens with one attached hydrogen (secondary N) is 1. The van der Waals surface area contributed by atoms with Gasteiger partial charge in [-0.3, -0.25) is 9.69 Å². The van der Waals surface area contributed by atoms with Crippen LogP contribution in [0.1, 0.15) is 45.7 Å². The molecule has 33 heavy (non-hydrogen) atoms. The number of likely N-dealkylation sites (tertiary alicyclic amines) is 1. The van der Waals surface area contributed by atoms with Crippen LogP contribution in [0.5, 0.6) is 0 Å². The summed E-state index contributed by atoms with van der Waals surface area (Å²) in [6.45, 7) is 5.73. The van der Waals surface area contributed by atoms with Crippen molar-refractivity contribution in [2.75, 3.05) is 13.1 Å². The van der Waals surface area contributed by atoms with E-state index in [-0.39, 0.29) is 11.9 Å². The molecule has 1 N–H and O–H groups in total. The van der Waals surface area contributed by atoms with Crippen molar-refractivity contribution in [1.82, 2.24) is 25.0 Å². The maximum atomic E-state index is 12.9. The first-order chi connectivity index (χ1) is 15.7. The number of nitrogens with zero attached hydrogens (tertiary/aromatic N) is 4. The minimum absolute atomic E-state index is 0.0194. The molecule has 0 aliphatic carbocycles. The van der Waals surface area contributed by atoms with E-state index in [1.807, 2.05) is 19.9 Å². The van der Waals surface area contributed by atoms with Gasteiger partial charge in [0.25, 0.3) is 5.91 Å². The molecular weight excluding hydrogens is 431 g/mol. The lowest BCUT2D eigenvalue weighted by atomic mass is 10.0. The number of aryl methyl sites for hydroxylation is 2. The van der Waals surface area contributed by atoms with E-state index in [0.717, 1.165) is 30.3 Å². The molecule has 0 spiro atoms. The van der Waals surface area contributed by atoms with Crippen LogP contribution in [0.4, 0.5) is 13.2 Å². The van der Waals surface area contributed by atoms with Crippen LogP contribution in [0.2, 0.25) is 0 Å². The Labute approximate surface area is 190 Å². The fourth-order valence-corrected chi connectivity index (χ4v) is 4.11. The smallest absolute Gasteiger partial charge is 0.349 e. The molecule has 0 unspecified atom stereocenters. The summed E-state index contributed by atoms with van der Waals surface area (Å²) in [6, 6.07) is 10.9. The Hall–Kier alpha value is -3.20. The van der Waals surface area contributed by atoms with Crippen LogP contribution < -0.4 is 5.32 Å². The van der Waals surface area contributed by atoms with E-state index in [0.29, 0.717) is 36.6 Å². The van der Waals surface area contributed by atoms with Crippen molar-refractivity contribution in [3.8, 4) is 5.82 Å². The van der Waals surface area contributed by atoms with Crippen molar-refractivity contribution < 1.29 is 18.0 Å². The molecule has 1 fully saturated rings. The van der Waals surface area contributed by atoms with E-state index in [9.17, 15) is 18.0 Å². The minimum Gasteiger partial charge on any atom is -0.349 e. The third-order valence-electron chi connectivity index (χ3n) is 5.82. The van der Waals surface area contributed by atoms with Gasteiger partial charge in [0.05, 0.1) is 16.8 Å². The zero-order chi connectivity index (χ0) is 23.6. The SMILES string of the molecule is Cc1cc(C)n(-c2ccc(C(=O)NC3CCN(Cc4cccc(C(F)(F)F)c4)CC3)cn2)n1. The largest absolute Gasteiger partial charge is 0.416 e. The molecule has 4 rings (SSSR count). The first-order valence-corrected chi connectivity index (χ1v) is 10.9. The molecule has 1 amide bonds. The number of alkyl halides is 3. The number of carbonyl (C=O) groups is 1. The zero-order valence-electron chi connectivity index (χ0n) is 18.6. The molecule has 0 saturated carbocycles. The molecule has 6 nitrogen and oxygen atoms in total. The molecular formula is C24H26F3N5O. The minimum atomic E-state index is -4.34. The van der Waals surface area contributed by atoms with Crippen molar-refractivity contribution in [2.45, 2.75) is 45.5 Å². The number of carbonyl (C=O) groups excluding carboxylic acids is 1. The van der Waals surface area contributed by atoms with Crippen molar-refractivity contribution >= 4 is 5.91 Å². The van der Waals surface area contributed by atoms with Gasteiger partial charge in [-0.2, -0.15) is 18.3 Å². The van der Waals surface area contributed by atoms with Gasteiger partial charge >= 0.3 is 6.18 Å². The van der Waals surface area contributed by atoms with Gasteiger partial charge in [-0.05, 0) is 56.5 Å². The Bertz CT molecular complexity index is 1120. The van der Waals surface area contributed by atoms with Crippen LogP contribution in [0, 0.1) is 13.8 Å². The summed E-state index contributed by atoms with van der Waals surface area (Å²) < 4.78 is 40.5. The number of halogens is 3. The summed E-state index contributed by atoms with van der Waals surface area (Å²) in [5.74, 6) is 0.471. The van der Waals surface area contributed by atoms with Crippen LogP contribution in [0.15, 0.2) is 48.7 Å². The molecule has 9 heteroatoms. The normalized spacial score (nSPS) is 15.5. The molecule has 174 valence electrons. The van der Waals surface area contributed by atoms with E-state index < -0.39 is 11.7 Å². The van der Waals surface area contributed by atoms with Gasteiger partial charge in [0, 0.05) is 37.6 Å². The predicted octanol–water partition coefficient (Wildman–Crippen LogP) is 4.30. The molecule has 0 atom stereocenters. The second kappa shape index (κ2) is 9.35. The van der Waals surface area contributed by atoms with Gasteiger partial charge in [-0.25, -0.2) is 9.67 Å². The molecule has 3 aromatic rings. The Morgan fingerprint density at radius 2 is 1.88 bits per heavy atom. The highest BCUT2D eigenvalue weighted by molar-refractivity contribution is 5.94. The highest BCUT2D eigenvalue weighted by atomic mass is 19.4. The van der Waals surface area contributed by atoms with Crippen LogP contribution in [-0.2, 0) is 12.7 Å². The van der Waals surface area contributed by atoms with E-state index >= 15 is 0 Å². The fourth-order valence-electron chi connectivity index (χ4n) is 4.11.